The van der Waals surface area contributed by atoms with Gasteiger partial charge in [-0.05, 0) is 37.1 Å². The van der Waals surface area contributed by atoms with Gasteiger partial charge in [0.25, 0.3) is 5.91 Å². The Balaban J connectivity index is 1.26. The molecular formula is C23H23N5O2. The molecule has 3 aromatic rings. The summed E-state index contributed by atoms with van der Waals surface area (Å²) in [6.45, 7) is 2.35. The first-order chi connectivity index (χ1) is 14.6. The third kappa shape index (κ3) is 3.26. The lowest BCUT2D eigenvalue weighted by molar-refractivity contribution is -0.135. The third-order valence-corrected chi connectivity index (χ3v) is 6.22. The van der Waals surface area contributed by atoms with E-state index >= 15 is 0 Å². The Bertz CT molecular complexity index is 1050. The van der Waals surface area contributed by atoms with Crippen LogP contribution in [-0.4, -0.2) is 56.2 Å². The van der Waals surface area contributed by atoms with Gasteiger partial charge in [0.1, 0.15) is 5.82 Å². The molecule has 2 amide bonds. The highest BCUT2D eigenvalue weighted by atomic mass is 16.2. The quantitative estimate of drug-likeness (QED) is 0.729. The lowest BCUT2D eigenvalue weighted by atomic mass is 9.85. The molecule has 0 saturated carbocycles. The molecule has 0 radical (unpaired) electrons. The molecule has 5 rings (SSSR count). The number of H-pyrrole nitrogens is 1. The van der Waals surface area contributed by atoms with Crippen molar-refractivity contribution in [2.75, 3.05) is 19.6 Å². The van der Waals surface area contributed by atoms with Crippen LogP contribution in [-0.2, 0) is 11.3 Å². The summed E-state index contributed by atoms with van der Waals surface area (Å²) in [5, 5.41) is 0. The Hall–Kier alpha value is -3.48. The van der Waals surface area contributed by atoms with Gasteiger partial charge in [-0.2, -0.15) is 0 Å². The van der Waals surface area contributed by atoms with Gasteiger partial charge in [-0.3, -0.25) is 14.6 Å². The fraction of sp³-hybridized carbons (Fsp3) is 0.304. The van der Waals surface area contributed by atoms with E-state index in [2.05, 4.69) is 15.0 Å². The van der Waals surface area contributed by atoms with Gasteiger partial charge in [-0.15, -0.1) is 0 Å². The van der Waals surface area contributed by atoms with Gasteiger partial charge in [0, 0.05) is 49.4 Å². The lowest BCUT2D eigenvalue weighted by Gasteiger charge is -2.23. The van der Waals surface area contributed by atoms with Gasteiger partial charge in [0.15, 0.2) is 0 Å². The minimum Gasteiger partial charge on any atom is -0.345 e. The number of hydrogen-bond acceptors (Lipinski definition) is 4. The molecule has 1 unspecified atom stereocenters. The minimum absolute atomic E-state index is 0.0196. The van der Waals surface area contributed by atoms with Crippen molar-refractivity contribution in [2.45, 2.75) is 19.4 Å². The zero-order valence-electron chi connectivity index (χ0n) is 16.6. The maximum atomic E-state index is 13.2. The Labute approximate surface area is 174 Å². The second-order valence-electron chi connectivity index (χ2n) is 8.07. The summed E-state index contributed by atoms with van der Waals surface area (Å²) in [6.07, 6.45) is 6.74. The van der Waals surface area contributed by atoms with E-state index < -0.39 is 5.41 Å². The molecule has 0 aliphatic carbocycles. The van der Waals surface area contributed by atoms with E-state index in [9.17, 15) is 9.59 Å². The van der Waals surface area contributed by atoms with E-state index in [0.717, 1.165) is 36.5 Å². The maximum Gasteiger partial charge on any atom is 0.253 e. The maximum absolute atomic E-state index is 13.2. The molecule has 1 spiro atoms. The van der Waals surface area contributed by atoms with Crippen LogP contribution in [0.4, 0.5) is 0 Å². The van der Waals surface area contributed by atoms with Crippen LogP contribution >= 0.6 is 0 Å². The average molecular weight is 401 g/mol. The van der Waals surface area contributed by atoms with Gasteiger partial charge in [0.2, 0.25) is 5.91 Å². The molecular weight excluding hydrogens is 378 g/mol. The molecule has 1 N–H and O–H groups in total. The van der Waals surface area contributed by atoms with Crippen LogP contribution < -0.4 is 0 Å². The molecule has 2 saturated heterocycles. The molecule has 7 heteroatoms. The summed E-state index contributed by atoms with van der Waals surface area (Å²) in [5.41, 5.74) is 2.02. The van der Waals surface area contributed by atoms with E-state index in [4.69, 9.17) is 0 Å². The SMILES string of the molecule is O=C(c1ccc(-c2ncc[nH]2)cc1)N1CCC2(CCN(Cc3ccccn3)C2=O)C1. The summed E-state index contributed by atoms with van der Waals surface area (Å²) < 4.78 is 0. The van der Waals surface area contributed by atoms with Crippen molar-refractivity contribution in [3.8, 4) is 11.4 Å². The number of aromatic nitrogens is 3. The predicted octanol–water partition coefficient (Wildman–Crippen LogP) is 2.74. The smallest absolute Gasteiger partial charge is 0.253 e. The molecule has 1 atom stereocenters. The number of aromatic amines is 1. The number of imidazole rings is 1. The van der Waals surface area contributed by atoms with Crippen molar-refractivity contribution in [3.63, 3.8) is 0 Å². The first kappa shape index (κ1) is 18.5. The summed E-state index contributed by atoms with van der Waals surface area (Å²) >= 11 is 0. The molecule has 2 aliphatic heterocycles. The lowest BCUT2D eigenvalue weighted by Crippen LogP contribution is -2.38. The van der Waals surface area contributed by atoms with Gasteiger partial charge in [-0.25, -0.2) is 4.98 Å². The summed E-state index contributed by atoms with van der Waals surface area (Å²) in [4.78, 5) is 41.5. The predicted molar refractivity (Wildman–Crippen MR) is 111 cm³/mol. The third-order valence-electron chi connectivity index (χ3n) is 6.22. The summed E-state index contributed by atoms with van der Waals surface area (Å²) in [7, 11) is 0. The Morgan fingerprint density at radius 1 is 1.03 bits per heavy atom. The number of hydrogen-bond donors (Lipinski definition) is 1. The first-order valence-electron chi connectivity index (χ1n) is 10.2. The van der Waals surface area contributed by atoms with Gasteiger partial charge < -0.3 is 14.8 Å². The number of carbonyl (C=O) groups excluding carboxylic acids is 2. The zero-order valence-corrected chi connectivity index (χ0v) is 16.6. The fourth-order valence-corrected chi connectivity index (χ4v) is 4.53. The van der Waals surface area contributed by atoms with Crippen molar-refractivity contribution in [2.24, 2.45) is 5.41 Å². The summed E-state index contributed by atoms with van der Waals surface area (Å²) in [5.74, 6) is 0.907. The van der Waals surface area contributed by atoms with E-state index in [1.807, 2.05) is 52.3 Å². The Morgan fingerprint density at radius 3 is 2.60 bits per heavy atom. The van der Waals surface area contributed by atoms with Crippen LogP contribution in [0.1, 0.15) is 28.9 Å². The average Bonchev–Trinajstić information content (AvgIpc) is 3.53. The molecule has 4 heterocycles. The highest BCUT2D eigenvalue weighted by Crippen LogP contribution is 2.41. The van der Waals surface area contributed by atoms with E-state index in [1.54, 1.807) is 18.6 Å². The molecule has 30 heavy (non-hydrogen) atoms. The van der Waals surface area contributed by atoms with Gasteiger partial charge in [-0.1, -0.05) is 18.2 Å². The largest absolute Gasteiger partial charge is 0.345 e. The van der Waals surface area contributed by atoms with Crippen LogP contribution in [0.25, 0.3) is 11.4 Å². The van der Waals surface area contributed by atoms with E-state index in [-0.39, 0.29) is 11.8 Å². The van der Waals surface area contributed by atoms with Gasteiger partial charge in [0.05, 0.1) is 17.7 Å². The number of nitrogens with zero attached hydrogens (tertiary/aromatic N) is 4. The number of rotatable bonds is 4. The van der Waals surface area contributed by atoms with Crippen LogP contribution in [0, 0.1) is 5.41 Å². The van der Waals surface area contributed by atoms with Crippen LogP contribution in [0.2, 0.25) is 0 Å². The summed E-state index contributed by atoms with van der Waals surface area (Å²) in [6, 6.07) is 13.2. The second kappa shape index (κ2) is 7.40. The number of amides is 2. The van der Waals surface area contributed by atoms with Crippen molar-refractivity contribution >= 4 is 11.8 Å². The van der Waals surface area contributed by atoms with Crippen molar-refractivity contribution in [1.82, 2.24) is 24.8 Å². The van der Waals surface area contributed by atoms with Crippen molar-refractivity contribution in [1.29, 1.82) is 0 Å². The molecule has 7 nitrogen and oxygen atoms in total. The monoisotopic (exact) mass is 401 g/mol. The second-order valence-corrected chi connectivity index (χ2v) is 8.07. The molecule has 0 bridgehead atoms. The number of pyridine rings is 1. The van der Waals surface area contributed by atoms with Crippen LogP contribution in [0.3, 0.4) is 0 Å². The molecule has 2 aliphatic rings. The van der Waals surface area contributed by atoms with Crippen LogP contribution in [0.15, 0.2) is 61.1 Å². The molecule has 152 valence electrons. The van der Waals surface area contributed by atoms with E-state index in [1.165, 1.54) is 0 Å². The number of nitrogens with one attached hydrogen (secondary N) is 1. The Morgan fingerprint density at radius 2 is 1.87 bits per heavy atom. The Kier molecular flexibility index (Phi) is 4.58. The van der Waals surface area contributed by atoms with Gasteiger partial charge >= 0.3 is 0 Å². The van der Waals surface area contributed by atoms with E-state index in [0.29, 0.717) is 25.2 Å². The zero-order chi connectivity index (χ0) is 20.6. The minimum atomic E-state index is -0.446. The standard InChI is InChI=1S/C23H23N5O2/c29-21(18-6-4-17(5-7-18)20-25-11-12-26-20)28-14-9-23(16-28)8-13-27(22(23)30)15-19-3-1-2-10-24-19/h1-7,10-12H,8-9,13-16H2,(H,25,26). The molecule has 2 aromatic heterocycles. The van der Waals surface area contributed by atoms with Crippen LogP contribution in [0.5, 0.6) is 0 Å². The number of benzene rings is 1. The molecule has 1 aromatic carbocycles. The number of carbonyl (C=O) groups is 2. The first-order valence-corrected chi connectivity index (χ1v) is 10.2. The highest BCUT2D eigenvalue weighted by Gasteiger charge is 2.51. The highest BCUT2D eigenvalue weighted by molar-refractivity contribution is 5.96. The fourth-order valence-electron chi connectivity index (χ4n) is 4.53. The normalized spacial score (nSPS) is 21.0. The van der Waals surface area contributed by atoms with Crippen molar-refractivity contribution in [3.05, 3.63) is 72.3 Å². The topological polar surface area (TPSA) is 82.2 Å². The van der Waals surface area contributed by atoms with Crippen molar-refractivity contribution < 1.29 is 9.59 Å². The molecule has 2 fully saturated rings. The number of likely N-dealkylation sites (tertiary alicyclic amines) is 2.